The van der Waals surface area contributed by atoms with E-state index in [-0.39, 0.29) is 10.7 Å². The molecule has 60 valence electrons. The summed E-state index contributed by atoms with van der Waals surface area (Å²) in [4.78, 5) is 13.4. The Hall–Kier alpha value is -0.470. The SMILES string of the molecule is Cc1c(Cl)c(Cl)[nH]c(=O)c1C. The van der Waals surface area contributed by atoms with E-state index in [1.54, 1.807) is 13.8 Å². The van der Waals surface area contributed by atoms with Gasteiger partial charge in [0.2, 0.25) is 0 Å². The van der Waals surface area contributed by atoms with Crippen molar-refractivity contribution in [2.45, 2.75) is 13.8 Å². The Morgan fingerprint density at radius 3 is 2.27 bits per heavy atom. The highest BCUT2D eigenvalue weighted by Gasteiger charge is 2.06. The fourth-order valence-corrected chi connectivity index (χ4v) is 1.16. The van der Waals surface area contributed by atoms with Crippen LogP contribution in [0.1, 0.15) is 11.1 Å². The van der Waals surface area contributed by atoms with Crippen molar-refractivity contribution < 1.29 is 0 Å². The van der Waals surface area contributed by atoms with Crippen LogP contribution in [-0.2, 0) is 0 Å². The van der Waals surface area contributed by atoms with Crippen LogP contribution < -0.4 is 5.56 Å². The highest BCUT2D eigenvalue weighted by molar-refractivity contribution is 6.41. The van der Waals surface area contributed by atoms with Crippen LogP contribution in [-0.4, -0.2) is 4.98 Å². The first kappa shape index (κ1) is 8.62. The quantitative estimate of drug-likeness (QED) is 0.628. The lowest BCUT2D eigenvalue weighted by Gasteiger charge is -2.02. The van der Waals surface area contributed by atoms with E-state index in [0.29, 0.717) is 10.6 Å². The van der Waals surface area contributed by atoms with Crippen LogP contribution in [0.3, 0.4) is 0 Å². The van der Waals surface area contributed by atoms with Gasteiger partial charge in [-0.1, -0.05) is 23.2 Å². The zero-order chi connectivity index (χ0) is 8.59. The molecule has 0 aliphatic rings. The van der Waals surface area contributed by atoms with Gasteiger partial charge in [-0.25, -0.2) is 0 Å². The maximum Gasteiger partial charge on any atom is 0.252 e. The maximum absolute atomic E-state index is 11.0. The molecule has 1 aromatic rings. The van der Waals surface area contributed by atoms with Gasteiger partial charge in [-0.05, 0) is 19.4 Å². The average molecular weight is 192 g/mol. The van der Waals surface area contributed by atoms with Crippen molar-refractivity contribution in [1.29, 1.82) is 0 Å². The molecular formula is C7H7Cl2NO. The normalized spacial score (nSPS) is 10.2. The fourth-order valence-electron chi connectivity index (χ4n) is 0.748. The molecule has 0 aliphatic carbocycles. The molecule has 1 aromatic heterocycles. The van der Waals surface area contributed by atoms with Crippen LogP contribution >= 0.6 is 23.2 Å². The first-order valence-corrected chi connectivity index (χ1v) is 3.84. The van der Waals surface area contributed by atoms with Gasteiger partial charge in [0.15, 0.2) is 0 Å². The molecule has 2 nitrogen and oxygen atoms in total. The zero-order valence-electron chi connectivity index (χ0n) is 6.16. The van der Waals surface area contributed by atoms with Gasteiger partial charge >= 0.3 is 0 Å². The average Bonchev–Trinajstić information content (AvgIpc) is 1.97. The number of hydrogen-bond donors (Lipinski definition) is 1. The second kappa shape index (κ2) is 2.88. The summed E-state index contributed by atoms with van der Waals surface area (Å²) in [5.74, 6) is 0. The first-order valence-electron chi connectivity index (χ1n) is 3.08. The van der Waals surface area contributed by atoms with Gasteiger partial charge in [-0.15, -0.1) is 0 Å². The number of H-pyrrole nitrogens is 1. The van der Waals surface area contributed by atoms with E-state index in [1.807, 2.05) is 0 Å². The lowest BCUT2D eigenvalue weighted by molar-refractivity contribution is 1.14. The molecular weight excluding hydrogens is 185 g/mol. The van der Waals surface area contributed by atoms with Gasteiger partial charge in [0.1, 0.15) is 5.15 Å². The molecule has 1 N–H and O–H groups in total. The molecule has 11 heavy (non-hydrogen) atoms. The van der Waals surface area contributed by atoms with Gasteiger partial charge in [-0.2, -0.15) is 0 Å². The molecule has 0 fully saturated rings. The molecule has 0 radical (unpaired) electrons. The van der Waals surface area contributed by atoms with Crippen molar-refractivity contribution in [1.82, 2.24) is 4.98 Å². The Bertz CT molecular complexity index is 343. The molecule has 0 unspecified atom stereocenters. The summed E-state index contributed by atoms with van der Waals surface area (Å²) in [6.07, 6.45) is 0. The summed E-state index contributed by atoms with van der Waals surface area (Å²) in [5.41, 5.74) is 1.16. The Morgan fingerprint density at radius 2 is 1.73 bits per heavy atom. The van der Waals surface area contributed by atoms with Crippen molar-refractivity contribution in [2.75, 3.05) is 0 Å². The predicted octanol–water partition coefficient (Wildman–Crippen LogP) is 2.30. The molecule has 0 amide bonds. The van der Waals surface area contributed by atoms with E-state index < -0.39 is 0 Å². The summed E-state index contributed by atoms with van der Waals surface area (Å²) in [5, 5.41) is 0.628. The van der Waals surface area contributed by atoms with Crippen molar-refractivity contribution in [3.63, 3.8) is 0 Å². The van der Waals surface area contributed by atoms with Crippen molar-refractivity contribution in [3.8, 4) is 0 Å². The summed E-state index contributed by atoms with van der Waals surface area (Å²) in [7, 11) is 0. The number of halogens is 2. The molecule has 0 spiro atoms. The van der Waals surface area contributed by atoms with Crippen molar-refractivity contribution >= 4 is 23.2 Å². The molecule has 0 bridgehead atoms. The van der Waals surface area contributed by atoms with E-state index in [4.69, 9.17) is 23.2 Å². The molecule has 0 aliphatic heterocycles. The zero-order valence-corrected chi connectivity index (χ0v) is 7.68. The van der Waals surface area contributed by atoms with Gasteiger partial charge in [0, 0.05) is 5.56 Å². The standard InChI is InChI=1S/C7H7Cl2NO/c1-3-4(2)7(11)10-6(9)5(3)8/h1-2H3,(H,10,11). The van der Waals surface area contributed by atoms with Crippen LogP contribution in [0, 0.1) is 13.8 Å². The molecule has 1 heterocycles. The van der Waals surface area contributed by atoms with E-state index in [1.165, 1.54) is 0 Å². The number of hydrogen-bond acceptors (Lipinski definition) is 1. The lowest BCUT2D eigenvalue weighted by atomic mass is 10.2. The predicted molar refractivity (Wildman–Crippen MR) is 46.6 cm³/mol. The molecule has 0 aromatic carbocycles. The minimum absolute atomic E-state index is 0.183. The third kappa shape index (κ3) is 1.42. The summed E-state index contributed by atoms with van der Waals surface area (Å²) in [6, 6.07) is 0. The van der Waals surface area contributed by atoms with Gasteiger partial charge in [0.25, 0.3) is 5.56 Å². The van der Waals surface area contributed by atoms with Gasteiger partial charge < -0.3 is 4.98 Å². The largest absolute Gasteiger partial charge is 0.311 e. The third-order valence-corrected chi connectivity index (χ3v) is 2.50. The molecule has 0 saturated heterocycles. The Morgan fingerprint density at radius 1 is 1.18 bits per heavy atom. The number of aromatic amines is 1. The Kier molecular flexibility index (Phi) is 2.25. The third-order valence-electron chi connectivity index (χ3n) is 1.65. The van der Waals surface area contributed by atoms with Crippen LogP contribution in [0.15, 0.2) is 4.79 Å². The van der Waals surface area contributed by atoms with Crippen LogP contribution in [0.2, 0.25) is 10.2 Å². The van der Waals surface area contributed by atoms with E-state index in [2.05, 4.69) is 4.98 Å². The number of nitrogens with one attached hydrogen (secondary N) is 1. The van der Waals surface area contributed by atoms with Crippen LogP contribution in [0.5, 0.6) is 0 Å². The minimum Gasteiger partial charge on any atom is -0.311 e. The topological polar surface area (TPSA) is 32.9 Å². The Balaban J connectivity index is 3.59. The monoisotopic (exact) mass is 191 g/mol. The molecule has 1 rings (SSSR count). The smallest absolute Gasteiger partial charge is 0.252 e. The number of aromatic nitrogens is 1. The number of pyridine rings is 1. The molecule has 0 atom stereocenters. The highest BCUT2D eigenvalue weighted by atomic mass is 35.5. The number of rotatable bonds is 0. The summed E-state index contributed by atoms with van der Waals surface area (Å²) in [6.45, 7) is 3.47. The van der Waals surface area contributed by atoms with Crippen molar-refractivity contribution in [3.05, 3.63) is 31.7 Å². The second-order valence-corrected chi connectivity index (χ2v) is 3.09. The van der Waals surface area contributed by atoms with E-state index in [9.17, 15) is 4.79 Å². The van der Waals surface area contributed by atoms with Crippen LogP contribution in [0.4, 0.5) is 0 Å². The summed E-state index contributed by atoms with van der Waals surface area (Å²) < 4.78 is 0. The maximum atomic E-state index is 11.0. The van der Waals surface area contributed by atoms with E-state index >= 15 is 0 Å². The van der Waals surface area contributed by atoms with Crippen LogP contribution in [0.25, 0.3) is 0 Å². The second-order valence-electron chi connectivity index (χ2n) is 2.33. The van der Waals surface area contributed by atoms with E-state index in [0.717, 1.165) is 5.56 Å². The van der Waals surface area contributed by atoms with Gasteiger partial charge in [0.05, 0.1) is 5.02 Å². The highest BCUT2D eigenvalue weighted by Crippen LogP contribution is 2.22. The fraction of sp³-hybridized carbons (Fsp3) is 0.286. The molecule has 0 saturated carbocycles. The lowest BCUT2D eigenvalue weighted by Crippen LogP contribution is -2.11. The minimum atomic E-state index is -0.183. The first-order chi connectivity index (χ1) is 5.04. The molecule has 4 heteroatoms. The summed E-state index contributed by atoms with van der Waals surface area (Å²) >= 11 is 11.4. The van der Waals surface area contributed by atoms with Gasteiger partial charge in [-0.3, -0.25) is 4.79 Å². The Labute approximate surface area is 74.1 Å². The van der Waals surface area contributed by atoms with Crippen molar-refractivity contribution in [2.24, 2.45) is 0 Å².